The monoisotopic (exact) mass is 1070 g/mol. The zero-order valence-corrected chi connectivity index (χ0v) is 44.3. The summed E-state index contributed by atoms with van der Waals surface area (Å²) in [5, 5.41) is 25.5. The number of hydrogen-bond donors (Lipinski definition) is 3. The van der Waals surface area contributed by atoms with Crippen molar-refractivity contribution in [2.45, 2.75) is 77.4 Å². The third kappa shape index (κ3) is 13.3. The lowest BCUT2D eigenvalue weighted by atomic mass is 9.90. The normalized spacial score (nSPS) is 17.0. The van der Waals surface area contributed by atoms with Crippen LogP contribution in [-0.4, -0.2) is 132 Å². The SMILES string of the molecule is Cc1ccc(NC(=O)c2ccnc(C(C)(C)C#N)c2)cc1-c1cnc(OC[C@@H](C)O)c(N2CCOC(CN3CCC(Oc4ncc(-c5cc(NC(=O)c6cccc(C(F)(F)F)c6)cnc5C)cc4N4CCOCC4)CC3)C2)c1. The molecule has 4 aromatic heterocycles. The summed E-state index contributed by atoms with van der Waals surface area (Å²) in [6.07, 6.45) is 2.43. The number of aryl methyl sites for hydroxylation is 2. The number of pyridine rings is 4. The zero-order valence-electron chi connectivity index (χ0n) is 44.3. The van der Waals surface area contributed by atoms with Crippen molar-refractivity contribution in [3.63, 3.8) is 0 Å². The Balaban J connectivity index is 0.856. The molecule has 78 heavy (non-hydrogen) atoms. The van der Waals surface area contributed by atoms with Crippen molar-refractivity contribution < 1.29 is 46.8 Å². The van der Waals surface area contributed by atoms with Crippen molar-refractivity contribution in [1.29, 1.82) is 5.26 Å². The van der Waals surface area contributed by atoms with Gasteiger partial charge < -0.3 is 49.4 Å². The number of rotatable bonds is 16. The van der Waals surface area contributed by atoms with E-state index in [0.717, 1.165) is 71.7 Å². The molecule has 0 bridgehead atoms. The van der Waals surface area contributed by atoms with Gasteiger partial charge >= 0.3 is 6.18 Å². The fourth-order valence-corrected chi connectivity index (χ4v) is 9.66. The molecule has 3 aliphatic heterocycles. The Morgan fingerprint density at radius 3 is 2.18 bits per heavy atom. The van der Waals surface area contributed by atoms with Gasteiger partial charge in [0.05, 0.1) is 66.7 Å². The van der Waals surface area contributed by atoms with Crippen LogP contribution >= 0.6 is 0 Å². The maximum Gasteiger partial charge on any atom is 0.416 e. The molecule has 0 aliphatic carbocycles. The average molecular weight is 1070 g/mol. The molecule has 2 atom stereocenters. The van der Waals surface area contributed by atoms with Crippen molar-refractivity contribution in [2.75, 3.05) is 92.7 Å². The van der Waals surface area contributed by atoms with E-state index in [1.165, 1.54) is 24.5 Å². The predicted molar refractivity (Wildman–Crippen MR) is 289 cm³/mol. The van der Waals surface area contributed by atoms with Crippen molar-refractivity contribution in [1.82, 2.24) is 24.8 Å². The van der Waals surface area contributed by atoms with Crippen LogP contribution in [0.3, 0.4) is 0 Å². The van der Waals surface area contributed by atoms with E-state index in [1.54, 1.807) is 51.4 Å². The van der Waals surface area contributed by atoms with Crippen LogP contribution in [-0.2, 0) is 21.1 Å². The van der Waals surface area contributed by atoms with Gasteiger partial charge in [-0.3, -0.25) is 19.6 Å². The van der Waals surface area contributed by atoms with Gasteiger partial charge in [0, 0.05) is 104 Å². The highest BCUT2D eigenvalue weighted by Gasteiger charge is 2.32. The first kappa shape index (κ1) is 55.1. The number of ether oxygens (including phenoxy) is 4. The number of carbonyl (C=O) groups is 2. The molecule has 2 amide bonds. The number of aromatic nitrogens is 4. The van der Waals surface area contributed by atoms with E-state index in [4.69, 9.17) is 28.9 Å². The number of halogens is 3. The van der Waals surface area contributed by atoms with Crippen LogP contribution in [0.5, 0.6) is 11.8 Å². The standard InChI is InChI=1S/C58H63F3N10O7/c1-36-9-10-44(67-54(74)40-11-14-63-52(26-40)57(4,5)35-62)27-48(36)41-24-50(55(65-29-41)77-34-37(2)72)71-19-22-76-47(33-71)32-69-15-12-46(13-16-69)78-56-51(70-17-20-75-21-18-70)25-42(30-66-56)49-28-45(31-64-38(49)3)68-53(73)39-7-6-8-43(23-39)58(59,60)61/h6-11,14,23-31,37,46-47,72H,12-13,15-22,32-34H2,1-5H3,(H,67,74)(H,68,73)/t37-,47?/m1/s1. The Hall–Kier alpha value is -7.70. The molecule has 6 aromatic rings. The van der Waals surface area contributed by atoms with Crippen LogP contribution in [0.4, 0.5) is 35.9 Å². The number of likely N-dealkylation sites (tertiary alicyclic amines) is 1. The predicted octanol–water partition coefficient (Wildman–Crippen LogP) is 8.89. The smallest absolute Gasteiger partial charge is 0.416 e. The maximum absolute atomic E-state index is 13.5. The lowest BCUT2D eigenvalue weighted by Gasteiger charge is -2.39. The summed E-state index contributed by atoms with van der Waals surface area (Å²) < 4.78 is 65.1. The van der Waals surface area contributed by atoms with E-state index in [9.17, 15) is 33.1 Å². The molecular formula is C58H63F3N10O7. The molecule has 3 saturated heterocycles. The highest BCUT2D eigenvalue weighted by Crippen LogP contribution is 2.38. The quantitative estimate of drug-likeness (QED) is 0.0829. The van der Waals surface area contributed by atoms with Gasteiger partial charge in [0.2, 0.25) is 11.8 Å². The van der Waals surface area contributed by atoms with Crippen molar-refractivity contribution in [3.8, 4) is 40.1 Å². The zero-order chi connectivity index (χ0) is 55.1. The lowest BCUT2D eigenvalue weighted by molar-refractivity contribution is -0.137. The number of nitrogens with one attached hydrogen (secondary N) is 2. The van der Waals surface area contributed by atoms with Gasteiger partial charge in [0.25, 0.3) is 11.8 Å². The third-order valence-corrected chi connectivity index (χ3v) is 14.1. The van der Waals surface area contributed by atoms with Crippen LogP contribution in [0.2, 0.25) is 0 Å². The summed E-state index contributed by atoms with van der Waals surface area (Å²) in [5.74, 6) is -0.124. The third-order valence-electron chi connectivity index (χ3n) is 14.1. The number of morpholine rings is 2. The van der Waals surface area contributed by atoms with Crippen LogP contribution in [0, 0.1) is 25.2 Å². The van der Waals surface area contributed by atoms with Gasteiger partial charge in [-0.05, 0) is 119 Å². The lowest BCUT2D eigenvalue weighted by Crippen LogP contribution is -2.50. The first-order valence-electron chi connectivity index (χ1n) is 26.1. The van der Waals surface area contributed by atoms with Crippen LogP contribution < -0.4 is 29.9 Å². The highest BCUT2D eigenvalue weighted by atomic mass is 19.4. The van der Waals surface area contributed by atoms with E-state index in [0.29, 0.717) is 98.2 Å². The fourth-order valence-electron chi connectivity index (χ4n) is 9.66. The molecule has 20 heteroatoms. The number of alkyl halides is 3. The molecule has 2 aromatic carbocycles. The van der Waals surface area contributed by atoms with Crippen LogP contribution in [0.15, 0.2) is 97.6 Å². The largest absolute Gasteiger partial charge is 0.473 e. The summed E-state index contributed by atoms with van der Waals surface area (Å²) in [6.45, 7) is 15.3. The second-order valence-electron chi connectivity index (χ2n) is 20.5. The van der Waals surface area contributed by atoms with E-state index in [-0.39, 0.29) is 30.3 Å². The number of anilines is 4. The van der Waals surface area contributed by atoms with E-state index in [2.05, 4.69) is 41.4 Å². The summed E-state index contributed by atoms with van der Waals surface area (Å²) >= 11 is 0. The van der Waals surface area contributed by atoms with Crippen LogP contribution in [0.25, 0.3) is 22.3 Å². The molecule has 17 nitrogen and oxygen atoms in total. The Labute approximate surface area is 451 Å². The van der Waals surface area contributed by atoms with Gasteiger partial charge in [-0.15, -0.1) is 0 Å². The van der Waals surface area contributed by atoms with Crippen molar-refractivity contribution >= 4 is 34.6 Å². The molecule has 0 saturated carbocycles. The molecule has 0 spiro atoms. The number of hydrogen-bond acceptors (Lipinski definition) is 15. The van der Waals surface area contributed by atoms with Crippen molar-refractivity contribution in [3.05, 3.63) is 131 Å². The minimum atomic E-state index is -4.59. The molecule has 3 aliphatic rings. The van der Waals surface area contributed by atoms with Gasteiger partial charge in [-0.25, -0.2) is 9.97 Å². The Kier molecular flexibility index (Phi) is 16.9. The topological polar surface area (TPSA) is 200 Å². The van der Waals surface area contributed by atoms with Gasteiger partial charge in [0.1, 0.15) is 24.1 Å². The van der Waals surface area contributed by atoms with Gasteiger partial charge in [-0.1, -0.05) is 12.1 Å². The Morgan fingerprint density at radius 1 is 0.795 bits per heavy atom. The number of benzene rings is 2. The molecule has 408 valence electrons. The number of aliphatic hydroxyl groups excluding tert-OH is 1. The summed E-state index contributed by atoms with van der Waals surface area (Å²) in [4.78, 5) is 51.9. The number of nitriles is 1. The molecule has 1 unspecified atom stereocenters. The first-order valence-corrected chi connectivity index (χ1v) is 26.1. The van der Waals surface area contributed by atoms with E-state index in [1.807, 2.05) is 44.2 Å². The number of amides is 2. The van der Waals surface area contributed by atoms with Crippen molar-refractivity contribution in [2.24, 2.45) is 0 Å². The molecule has 3 fully saturated rings. The second kappa shape index (κ2) is 23.9. The van der Waals surface area contributed by atoms with Gasteiger partial charge in [0.15, 0.2) is 0 Å². The summed E-state index contributed by atoms with van der Waals surface area (Å²) in [7, 11) is 0. The molecule has 0 radical (unpaired) electrons. The highest BCUT2D eigenvalue weighted by molar-refractivity contribution is 6.05. The Bertz CT molecular complexity index is 3170. The molecular weight excluding hydrogens is 1010 g/mol. The minimum Gasteiger partial charge on any atom is -0.473 e. The number of carbonyl (C=O) groups excluding carboxylic acids is 2. The molecule has 7 heterocycles. The number of piperidine rings is 1. The summed E-state index contributed by atoms with van der Waals surface area (Å²) in [5.41, 5.74) is 6.20. The maximum atomic E-state index is 13.5. The molecule has 3 N–H and O–H groups in total. The van der Waals surface area contributed by atoms with Gasteiger partial charge in [-0.2, -0.15) is 18.4 Å². The van der Waals surface area contributed by atoms with E-state index >= 15 is 0 Å². The second-order valence-corrected chi connectivity index (χ2v) is 20.5. The summed E-state index contributed by atoms with van der Waals surface area (Å²) in [6, 6.07) is 21.3. The minimum absolute atomic E-state index is 0.0595. The fraction of sp³-hybridized carbons (Fsp3) is 0.397. The Morgan fingerprint density at radius 2 is 1.46 bits per heavy atom. The van der Waals surface area contributed by atoms with Crippen LogP contribution in [0.1, 0.15) is 76.8 Å². The molecule has 9 rings (SSSR count). The number of aliphatic hydroxyl groups is 1. The van der Waals surface area contributed by atoms with E-state index < -0.39 is 29.2 Å². The number of nitrogens with zero attached hydrogens (tertiary/aromatic N) is 8. The average Bonchev–Trinajstić information content (AvgIpc) is 3.54. The first-order chi connectivity index (χ1) is 37.4.